The van der Waals surface area contributed by atoms with Crippen molar-refractivity contribution in [2.45, 2.75) is 32.1 Å². The van der Waals surface area contributed by atoms with Crippen molar-refractivity contribution >= 4 is 17.4 Å². The third-order valence-corrected chi connectivity index (χ3v) is 5.25. The molecule has 2 unspecified atom stereocenters. The molecule has 2 atom stereocenters. The highest BCUT2D eigenvalue weighted by Crippen LogP contribution is 2.40. The van der Waals surface area contributed by atoms with Gasteiger partial charge in [0, 0.05) is 23.5 Å². The molecule has 0 radical (unpaired) electrons. The maximum absolute atomic E-state index is 13.0. The molecule has 0 aliphatic heterocycles. The molecule has 2 aliphatic carbocycles. The minimum atomic E-state index is -0.210. The summed E-state index contributed by atoms with van der Waals surface area (Å²) in [6.45, 7) is 0. The number of aryl methyl sites for hydroxylation is 1. The summed E-state index contributed by atoms with van der Waals surface area (Å²) in [5.41, 5.74) is 2.80. The molecule has 1 aromatic carbocycles. The monoisotopic (exact) mass is 308 g/mol. The van der Waals surface area contributed by atoms with Crippen LogP contribution in [0.2, 0.25) is 0 Å². The normalized spacial score (nSPS) is 23.0. The van der Waals surface area contributed by atoms with Crippen LogP contribution in [0.25, 0.3) is 0 Å². The van der Waals surface area contributed by atoms with E-state index in [9.17, 15) is 9.59 Å². The van der Waals surface area contributed by atoms with Crippen molar-refractivity contribution in [1.29, 1.82) is 0 Å². The van der Waals surface area contributed by atoms with Gasteiger partial charge in [-0.1, -0.05) is 24.6 Å². The molecule has 1 amide bonds. The van der Waals surface area contributed by atoms with Gasteiger partial charge in [0.1, 0.15) is 0 Å². The van der Waals surface area contributed by atoms with Crippen molar-refractivity contribution in [2.24, 2.45) is 11.8 Å². The third-order valence-electron chi connectivity index (χ3n) is 5.25. The number of amides is 1. The van der Waals surface area contributed by atoms with Crippen LogP contribution in [-0.4, -0.2) is 16.7 Å². The van der Waals surface area contributed by atoms with E-state index in [-0.39, 0.29) is 17.6 Å². The van der Waals surface area contributed by atoms with Crippen molar-refractivity contribution in [3.8, 4) is 0 Å². The largest absolute Gasteiger partial charge is 0.364 e. The smallest absolute Gasteiger partial charge is 0.257 e. The Bertz CT molecular complexity index is 748. The zero-order valence-electron chi connectivity index (χ0n) is 13.0. The van der Waals surface area contributed by atoms with E-state index < -0.39 is 0 Å². The summed E-state index contributed by atoms with van der Waals surface area (Å²) in [6, 6.07) is 9.35. The molecule has 23 heavy (non-hydrogen) atoms. The fraction of sp³-hybridized carbons (Fsp3) is 0.368. The van der Waals surface area contributed by atoms with Crippen molar-refractivity contribution in [2.75, 3.05) is 5.32 Å². The Morgan fingerprint density at radius 2 is 1.96 bits per heavy atom. The number of hydrogen-bond acceptors (Lipinski definition) is 2. The first kappa shape index (κ1) is 14.2. The highest BCUT2D eigenvalue weighted by molar-refractivity contribution is 6.14. The number of nitrogens with one attached hydrogen (secondary N) is 2. The molecule has 4 heteroatoms. The van der Waals surface area contributed by atoms with Gasteiger partial charge in [0.05, 0.1) is 11.1 Å². The highest BCUT2D eigenvalue weighted by atomic mass is 16.2. The Morgan fingerprint density at radius 3 is 2.78 bits per heavy atom. The third kappa shape index (κ3) is 2.48. The minimum Gasteiger partial charge on any atom is -0.364 e. The summed E-state index contributed by atoms with van der Waals surface area (Å²) in [4.78, 5) is 28.7. The van der Waals surface area contributed by atoms with E-state index in [1.807, 2.05) is 30.3 Å². The highest BCUT2D eigenvalue weighted by Gasteiger charge is 2.38. The van der Waals surface area contributed by atoms with E-state index in [0.717, 1.165) is 43.5 Å². The van der Waals surface area contributed by atoms with Crippen LogP contribution in [0.1, 0.15) is 52.1 Å². The van der Waals surface area contributed by atoms with E-state index in [0.29, 0.717) is 17.0 Å². The van der Waals surface area contributed by atoms with E-state index in [2.05, 4.69) is 10.3 Å². The molecular weight excluding hydrogens is 288 g/mol. The number of anilines is 1. The lowest BCUT2D eigenvalue weighted by Gasteiger charge is -2.14. The fourth-order valence-corrected chi connectivity index (χ4v) is 4.09. The molecule has 0 spiro atoms. The number of carbonyl (C=O) groups is 2. The molecule has 0 bridgehead atoms. The summed E-state index contributed by atoms with van der Waals surface area (Å²) in [5, 5.41) is 2.88. The van der Waals surface area contributed by atoms with Gasteiger partial charge in [0.25, 0.3) is 5.91 Å². The quantitative estimate of drug-likeness (QED) is 0.886. The van der Waals surface area contributed by atoms with Gasteiger partial charge in [0.2, 0.25) is 0 Å². The lowest BCUT2D eigenvalue weighted by molar-refractivity contribution is 0.0886. The molecule has 0 saturated heterocycles. The number of ketones is 1. The number of rotatable bonds is 2. The first-order valence-corrected chi connectivity index (χ1v) is 8.35. The molecule has 1 fully saturated rings. The molecule has 118 valence electrons. The number of aromatic nitrogens is 1. The lowest BCUT2D eigenvalue weighted by Crippen LogP contribution is -2.21. The number of hydrogen-bond donors (Lipinski definition) is 2. The summed E-state index contributed by atoms with van der Waals surface area (Å²) in [7, 11) is 0. The van der Waals surface area contributed by atoms with Gasteiger partial charge in [-0.15, -0.1) is 0 Å². The van der Waals surface area contributed by atoms with Crippen LogP contribution < -0.4 is 5.32 Å². The number of aromatic amines is 1. The topological polar surface area (TPSA) is 62.0 Å². The van der Waals surface area contributed by atoms with Gasteiger partial charge in [-0.25, -0.2) is 0 Å². The van der Waals surface area contributed by atoms with E-state index >= 15 is 0 Å². The van der Waals surface area contributed by atoms with Crippen LogP contribution in [0.4, 0.5) is 5.69 Å². The van der Waals surface area contributed by atoms with E-state index in [1.54, 1.807) is 6.20 Å². The van der Waals surface area contributed by atoms with Crippen LogP contribution >= 0.6 is 0 Å². The number of para-hydroxylation sites is 1. The molecule has 1 heterocycles. The van der Waals surface area contributed by atoms with Gasteiger partial charge < -0.3 is 10.3 Å². The van der Waals surface area contributed by atoms with E-state index in [1.165, 1.54) is 0 Å². The minimum absolute atomic E-state index is 0.107. The fourth-order valence-electron chi connectivity index (χ4n) is 4.09. The number of H-pyrrole nitrogens is 1. The van der Waals surface area contributed by atoms with Gasteiger partial charge >= 0.3 is 0 Å². The number of fused-ring (bicyclic) bond motifs is 2. The zero-order valence-corrected chi connectivity index (χ0v) is 13.0. The predicted molar refractivity (Wildman–Crippen MR) is 88.7 cm³/mol. The zero-order chi connectivity index (χ0) is 15.8. The van der Waals surface area contributed by atoms with Crippen LogP contribution in [-0.2, 0) is 6.42 Å². The van der Waals surface area contributed by atoms with Gasteiger partial charge in [-0.3, -0.25) is 9.59 Å². The number of benzene rings is 1. The van der Waals surface area contributed by atoms with Crippen molar-refractivity contribution in [1.82, 2.24) is 4.98 Å². The lowest BCUT2D eigenvalue weighted by atomic mass is 9.88. The van der Waals surface area contributed by atoms with Gasteiger partial charge in [-0.05, 0) is 43.7 Å². The maximum Gasteiger partial charge on any atom is 0.257 e. The predicted octanol–water partition coefficient (Wildman–Crippen LogP) is 3.81. The Labute approximate surface area is 135 Å². The molecule has 1 aromatic heterocycles. The standard InChI is InChI=1S/C19H20N2O2/c22-18-14-8-4-5-12(14)9-10-16-17(18)15(11-20-16)19(23)21-13-6-2-1-3-7-13/h1-3,6-7,11-12,14,20H,4-5,8-10H2,(H,21,23). The first-order valence-electron chi connectivity index (χ1n) is 8.35. The van der Waals surface area contributed by atoms with Crippen LogP contribution in [0.15, 0.2) is 36.5 Å². The average Bonchev–Trinajstić information content (AvgIpc) is 3.17. The van der Waals surface area contributed by atoms with Gasteiger partial charge in [-0.2, -0.15) is 0 Å². The van der Waals surface area contributed by atoms with Crippen molar-refractivity contribution in [3.63, 3.8) is 0 Å². The van der Waals surface area contributed by atoms with Crippen LogP contribution in [0.3, 0.4) is 0 Å². The molecule has 4 rings (SSSR count). The average molecular weight is 308 g/mol. The van der Waals surface area contributed by atoms with Gasteiger partial charge in [0.15, 0.2) is 5.78 Å². The molecular formula is C19H20N2O2. The SMILES string of the molecule is O=C(Nc1ccccc1)c1c[nH]c2c1C(=O)C1CCCC1CC2. The second kappa shape index (κ2) is 5.69. The second-order valence-corrected chi connectivity index (χ2v) is 6.58. The summed E-state index contributed by atoms with van der Waals surface area (Å²) in [5.74, 6) is 0.557. The Morgan fingerprint density at radius 1 is 1.13 bits per heavy atom. The molecule has 2 aromatic rings. The van der Waals surface area contributed by atoms with Crippen molar-refractivity contribution < 1.29 is 9.59 Å². The molecule has 1 saturated carbocycles. The Kier molecular flexibility index (Phi) is 3.52. The number of Topliss-reactive ketones (excluding diaryl/α,β-unsaturated/α-hetero) is 1. The maximum atomic E-state index is 13.0. The summed E-state index contributed by atoms with van der Waals surface area (Å²) in [6.07, 6.45) is 6.84. The first-order chi connectivity index (χ1) is 11.2. The number of carbonyl (C=O) groups excluding carboxylic acids is 2. The van der Waals surface area contributed by atoms with Crippen molar-refractivity contribution in [3.05, 3.63) is 53.3 Å². The summed E-state index contributed by atoms with van der Waals surface area (Å²) < 4.78 is 0. The summed E-state index contributed by atoms with van der Waals surface area (Å²) >= 11 is 0. The molecule has 2 N–H and O–H groups in total. The van der Waals surface area contributed by atoms with Crippen LogP contribution in [0, 0.1) is 11.8 Å². The Balaban J connectivity index is 1.65. The molecule has 4 nitrogen and oxygen atoms in total. The van der Waals surface area contributed by atoms with Crippen LogP contribution in [0.5, 0.6) is 0 Å². The second-order valence-electron chi connectivity index (χ2n) is 6.58. The van der Waals surface area contributed by atoms with E-state index in [4.69, 9.17) is 0 Å². The Hall–Kier alpha value is -2.36. The molecule has 2 aliphatic rings.